The first-order valence-corrected chi connectivity index (χ1v) is 11.4. The second-order valence-corrected chi connectivity index (χ2v) is 9.04. The van der Waals surface area contributed by atoms with Crippen LogP contribution in [0.3, 0.4) is 0 Å². The zero-order valence-electron chi connectivity index (χ0n) is 19.2. The van der Waals surface area contributed by atoms with E-state index in [1.807, 2.05) is 4.90 Å². The molecule has 0 aromatic carbocycles. The van der Waals surface area contributed by atoms with Crippen LogP contribution in [0.15, 0.2) is 18.3 Å². The van der Waals surface area contributed by atoms with E-state index in [1.54, 1.807) is 4.90 Å². The lowest BCUT2D eigenvalue weighted by Crippen LogP contribution is -2.68. The Morgan fingerprint density at radius 1 is 0.944 bits per heavy atom. The maximum atomic E-state index is 12.9. The van der Waals surface area contributed by atoms with Crippen LogP contribution in [0.5, 0.6) is 0 Å². The van der Waals surface area contributed by atoms with Crippen molar-refractivity contribution in [2.75, 3.05) is 39.3 Å². The summed E-state index contributed by atoms with van der Waals surface area (Å²) in [6.07, 6.45) is -3.98. The molecule has 14 heteroatoms. The van der Waals surface area contributed by atoms with Crippen LogP contribution in [0.1, 0.15) is 48.2 Å². The van der Waals surface area contributed by atoms with Gasteiger partial charge in [-0.25, -0.2) is 4.79 Å². The SMILES string of the molecule is O=C(CN1CCC12CCCN(C(=O)c1ccnc(C(F)(F)F)c1)C2)N1CCCC1.O=C(O)C(F)(F)F. The second kappa shape index (κ2) is 10.6. The third-order valence-corrected chi connectivity index (χ3v) is 6.69. The van der Waals surface area contributed by atoms with E-state index in [0.717, 1.165) is 64.0 Å². The zero-order chi connectivity index (χ0) is 26.7. The number of halogens is 6. The summed E-state index contributed by atoms with van der Waals surface area (Å²) in [5.41, 5.74) is -1.29. The van der Waals surface area contributed by atoms with Gasteiger partial charge in [-0.3, -0.25) is 19.5 Å². The van der Waals surface area contributed by atoms with Crippen LogP contribution in [0.25, 0.3) is 0 Å². The van der Waals surface area contributed by atoms with Gasteiger partial charge in [-0.2, -0.15) is 26.3 Å². The van der Waals surface area contributed by atoms with Gasteiger partial charge in [-0.15, -0.1) is 0 Å². The van der Waals surface area contributed by atoms with Gasteiger partial charge < -0.3 is 14.9 Å². The number of alkyl halides is 6. The molecule has 0 saturated carbocycles. The van der Waals surface area contributed by atoms with Crippen molar-refractivity contribution in [3.8, 4) is 0 Å². The molecule has 2 amide bonds. The molecule has 1 aromatic rings. The van der Waals surface area contributed by atoms with E-state index in [9.17, 15) is 35.9 Å². The number of aromatic nitrogens is 1. The van der Waals surface area contributed by atoms with E-state index < -0.39 is 29.9 Å². The van der Waals surface area contributed by atoms with Crippen molar-refractivity contribution in [3.05, 3.63) is 29.6 Å². The highest BCUT2D eigenvalue weighted by Gasteiger charge is 2.49. The van der Waals surface area contributed by atoms with E-state index in [1.165, 1.54) is 6.07 Å². The standard InChI is InChI=1S/C20H25F3N4O2.C2HF3O2/c21-20(22,23)16-12-15(4-7-24-16)18(29)26-10-3-5-19(14-26)6-11-27(19)13-17(28)25-8-1-2-9-25;3-2(4,5)1(6)7/h4,7,12H,1-3,5-6,8-11,13-14H2;(H,6,7). The molecule has 1 unspecified atom stereocenters. The van der Waals surface area contributed by atoms with Crippen molar-refractivity contribution in [2.24, 2.45) is 0 Å². The first-order chi connectivity index (χ1) is 16.7. The minimum Gasteiger partial charge on any atom is -0.475 e. The summed E-state index contributed by atoms with van der Waals surface area (Å²) in [6.45, 7) is 3.76. The normalized spacial score (nSPS) is 22.6. The van der Waals surface area contributed by atoms with Crippen LogP contribution in [0.4, 0.5) is 26.3 Å². The molecule has 1 atom stereocenters. The first-order valence-electron chi connectivity index (χ1n) is 11.4. The Bertz CT molecular complexity index is 980. The first kappa shape index (κ1) is 27.7. The van der Waals surface area contributed by atoms with Crippen molar-refractivity contribution in [3.63, 3.8) is 0 Å². The summed E-state index contributed by atoms with van der Waals surface area (Å²) in [7, 11) is 0. The Morgan fingerprint density at radius 2 is 1.56 bits per heavy atom. The molecule has 3 aliphatic heterocycles. The lowest BCUT2D eigenvalue weighted by Gasteiger charge is -2.57. The number of nitrogens with zero attached hydrogens (tertiary/aromatic N) is 4. The van der Waals surface area contributed by atoms with Gasteiger partial charge in [-0.1, -0.05) is 0 Å². The van der Waals surface area contributed by atoms with E-state index in [-0.39, 0.29) is 17.0 Å². The smallest absolute Gasteiger partial charge is 0.475 e. The summed E-state index contributed by atoms with van der Waals surface area (Å²) < 4.78 is 70.5. The number of aliphatic carboxylic acids is 1. The predicted molar refractivity (Wildman–Crippen MR) is 113 cm³/mol. The molecular formula is C22H26F6N4O4. The maximum absolute atomic E-state index is 12.9. The minimum absolute atomic E-state index is 0.00314. The average Bonchev–Trinajstić information content (AvgIpc) is 3.36. The number of carboxylic acids is 1. The highest BCUT2D eigenvalue weighted by atomic mass is 19.4. The molecule has 0 aliphatic carbocycles. The van der Waals surface area contributed by atoms with E-state index in [2.05, 4.69) is 9.88 Å². The number of pyridine rings is 1. The molecule has 1 N–H and O–H groups in total. The molecule has 1 spiro atoms. The topological polar surface area (TPSA) is 94.1 Å². The van der Waals surface area contributed by atoms with Gasteiger partial charge in [0.2, 0.25) is 5.91 Å². The predicted octanol–water partition coefficient (Wildman–Crippen LogP) is 3.04. The van der Waals surface area contributed by atoms with Crippen LogP contribution in [-0.4, -0.2) is 93.6 Å². The monoisotopic (exact) mass is 524 g/mol. The van der Waals surface area contributed by atoms with Gasteiger partial charge >= 0.3 is 18.3 Å². The van der Waals surface area contributed by atoms with Crippen LogP contribution >= 0.6 is 0 Å². The third-order valence-electron chi connectivity index (χ3n) is 6.69. The van der Waals surface area contributed by atoms with E-state index in [0.29, 0.717) is 19.6 Å². The number of amides is 2. The Hall–Kier alpha value is -2.90. The summed E-state index contributed by atoms with van der Waals surface area (Å²) in [5.74, 6) is -3.03. The molecule has 36 heavy (non-hydrogen) atoms. The van der Waals surface area contributed by atoms with E-state index >= 15 is 0 Å². The molecule has 4 rings (SSSR count). The van der Waals surface area contributed by atoms with E-state index in [4.69, 9.17) is 9.90 Å². The molecule has 3 aliphatic rings. The number of carbonyl (C=O) groups excluding carboxylic acids is 2. The number of carbonyl (C=O) groups is 3. The van der Waals surface area contributed by atoms with Gasteiger partial charge in [0.15, 0.2) is 0 Å². The number of carboxylic acid groups (broad SMARTS) is 1. The fourth-order valence-corrected chi connectivity index (χ4v) is 4.71. The summed E-state index contributed by atoms with van der Waals surface area (Å²) in [6, 6.07) is 2.15. The molecular weight excluding hydrogens is 498 g/mol. The average molecular weight is 524 g/mol. The highest BCUT2D eigenvalue weighted by Crippen LogP contribution is 2.39. The van der Waals surface area contributed by atoms with Crippen molar-refractivity contribution >= 4 is 17.8 Å². The largest absolute Gasteiger partial charge is 0.490 e. The van der Waals surface area contributed by atoms with Gasteiger partial charge in [0.1, 0.15) is 5.69 Å². The van der Waals surface area contributed by atoms with Gasteiger partial charge in [0, 0.05) is 50.0 Å². The quantitative estimate of drug-likeness (QED) is 0.612. The van der Waals surface area contributed by atoms with Crippen LogP contribution in [0, 0.1) is 0 Å². The van der Waals surface area contributed by atoms with Crippen LogP contribution < -0.4 is 0 Å². The second-order valence-electron chi connectivity index (χ2n) is 9.04. The number of rotatable bonds is 3. The lowest BCUT2D eigenvalue weighted by atomic mass is 9.77. The molecule has 0 radical (unpaired) electrons. The molecule has 0 bridgehead atoms. The summed E-state index contributed by atoms with van der Waals surface area (Å²) in [4.78, 5) is 43.3. The molecule has 3 saturated heterocycles. The van der Waals surface area contributed by atoms with Crippen LogP contribution in [-0.2, 0) is 15.8 Å². The van der Waals surface area contributed by atoms with Crippen molar-refractivity contribution in [2.45, 2.75) is 50.0 Å². The summed E-state index contributed by atoms with van der Waals surface area (Å²) >= 11 is 0. The lowest BCUT2D eigenvalue weighted by molar-refractivity contribution is -0.192. The molecule has 1 aromatic heterocycles. The molecule has 3 fully saturated rings. The Kier molecular flexibility index (Phi) is 8.16. The van der Waals surface area contributed by atoms with Crippen LogP contribution in [0.2, 0.25) is 0 Å². The fraction of sp³-hybridized carbons (Fsp3) is 0.636. The van der Waals surface area contributed by atoms with Crippen molar-refractivity contribution in [1.29, 1.82) is 0 Å². The maximum Gasteiger partial charge on any atom is 0.490 e. The number of likely N-dealkylation sites (tertiary alicyclic amines) is 3. The van der Waals surface area contributed by atoms with Gasteiger partial charge in [-0.05, 0) is 44.2 Å². The van der Waals surface area contributed by atoms with Crippen molar-refractivity contribution in [1.82, 2.24) is 19.7 Å². The Balaban J connectivity index is 0.000000454. The Labute approximate surface area is 202 Å². The minimum atomic E-state index is -5.08. The number of hydrogen-bond donors (Lipinski definition) is 1. The fourth-order valence-electron chi connectivity index (χ4n) is 4.71. The molecule has 4 heterocycles. The molecule has 8 nitrogen and oxygen atoms in total. The number of hydrogen-bond acceptors (Lipinski definition) is 5. The highest BCUT2D eigenvalue weighted by molar-refractivity contribution is 5.94. The van der Waals surface area contributed by atoms with Crippen molar-refractivity contribution < 1.29 is 45.8 Å². The van der Waals surface area contributed by atoms with Gasteiger partial charge in [0.25, 0.3) is 5.91 Å². The molecule has 200 valence electrons. The Morgan fingerprint density at radius 3 is 2.08 bits per heavy atom. The van der Waals surface area contributed by atoms with Gasteiger partial charge in [0.05, 0.1) is 6.54 Å². The third kappa shape index (κ3) is 6.45. The zero-order valence-corrected chi connectivity index (χ0v) is 19.2. The number of piperidine rings is 1. The summed E-state index contributed by atoms with van der Waals surface area (Å²) in [5, 5.41) is 7.12.